The number of halogens is 2. The molecule has 20 heavy (non-hydrogen) atoms. The van der Waals surface area contributed by atoms with Gasteiger partial charge in [0.05, 0.1) is 7.11 Å². The number of hydrogen-bond donors (Lipinski definition) is 1. The van der Waals surface area contributed by atoms with Crippen molar-refractivity contribution in [2.75, 3.05) is 13.7 Å². The first-order valence-corrected chi connectivity index (χ1v) is 7.18. The molecule has 2 N–H and O–H groups in total. The van der Waals surface area contributed by atoms with E-state index < -0.39 is 0 Å². The van der Waals surface area contributed by atoms with Crippen molar-refractivity contribution in [2.45, 2.75) is 12.3 Å². The Morgan fingerprint density at radius 3 is 2.35 bits per heavy atom. The maximum atomic E-state index is 6.23. The van der Waals surface area contributed by atoms with Crippen LogP contribution in [-0.4, -0.2) is 13.7 Å². The second kappa shape index (κ2) is 6.98. The number of methoxy groups -OCH3 is 1. The number of hydrogen-bond acceptors (Lipinski definition) is 2. The fraction of sp³-hybridized carbons (Fsp3) is 0.250. The van der Waals surface area contributed by atoms with Gasteiger partial charge in [-0.05, 0) is 48.4 Å². The summed E-state index contributed by atoms with van der Waals surface area (Å²) in [6.07, 6.45) is 0.710. The molecule has 0 spiro atoms. The summed E-state index contributed by atoms with van der Waals surface area (Å²) in [5.41, 5.74) is 7.98. The molecule has 2 aromatic rings. The fourth-order valence-electron chi connectivity index (χ4n) is 2.21. The van der Waals surface area contributed by atoms with Crippen molar-refractivity contribution in [3.05, 3.63) is 63.6 Å². The van der Waals surface area contributed by atoms with Crippen LogP contribution in [-0.2, 0) is 6.42 Å². The van der Waals surface area contributed by atoms with Gasteiger partial charge in [0.25, 0.3) is 0 Å². The van der Waals surface area contributed by atoms with Crippen LogP contribution in [0.25, 0.3) is 0 Å². The van der Waals surface area contributed by atoms with E-state index in [2.05, 4.69) is 0 Å². The Morgan fingerprint density at radius 2 is 1.75 bits per heavy atom. The summed E-state index contributed by atoms with van der Waals surface area (Å²) in [7, 11) is 1.65. The topological polar surface area (TPSA) is 35.2 Å². The van der Waals surface area contributed by atoms with Gasteiger partial charge < -0.3 is 10.5 Å². The molecular formula is C16H17Cl2NO. The Bertz CT molecular complexity index is 566. The first-order valence-electron chi connectivity index (χ1n) is 6.42. The minimum atomic E-state index is 0.155. The molecule has 0 aliphatic rings. The van der Waals surface area contributed by atoms with Crippen molar-refractivity contribution in [1.29, 1.82) is 0 Å². The zero-order valence-corrected chi connectivity index (χ0v) is 12.8. The molecule has 0 saturated heterocycles. The van der Waals surface area contributed by atoms with Gasteiger partial charge in [0.2, 0.25) is 0 Å². The Hall–Kier alpha value is -1.22. The second-order valence-corrected chi connectivity index (χ2v) is 5.43. The van der Waals surface area contributed by atoms with Gasteiger partial charge in [0, 0.05) is 16.0 Å². The van der Waals surface area contributed by atoms with Crippen LogP contribution in [0.4, 0.5) is 0 Å². The highest BCUT2D eigenvalue weighted by Gasteiger charge is 2.15. The lowest BCUT2D eigenvalue weighted by molar-refractivity contribution is 0.413. The molecule has 2 aromatic carbocycles. The number of ether oxygens (including phenoxy) is 1. The molecule has 0 amide bonds. The summed E-state index contributed by atoms with van der Waals surface area (Å²) in [5, 5.41) is 1.36. The van der Waals surface area contributed by atoms with Gasteiger partial charge in [0.1, 0.15) is 5.75 Å². The lowest BCUT2D eigenvalue weighted by Gasteiger charge is -2.18. The smallest absolute Gasteiger partial charge is 0.119 e. The molecule has 0 aromatic heterocycles. The molecule has 0 fully saturated rings. The van der Waals surface area contributed by atoms with E-state index in [1.54, 1.807) is 7.11 Å². The molecule has 106 valence electrons. The van der Waals surface area contributed by atoms with E-state index in [4.69, 9.17) is 33.7 Å². The van der Waals surface area contributed by atoms with E-state index in [1.165, 1.54) is 0 Å². The fourth-order valence-corrected chi connectivity index (χ4v) is 2.76. The van der Waals surface area contributed by atoms with Gasteiger partial charge in [-0.1, -0.05) is 41.4 Å². The van der Waals surface area contributed by atoms with Crippen LogP contribution < -0.4 is 10.5 Å². The van der Waals surface area contributed by atoms with Gasteiger partial charge in [-0.15, -0.1) is 0 Å². The molecule has 0 aliphatic carbocycles. The molecule has 0 heterocycles. The molecule has 0 bridgehead atoms. The Kier molecular flexibility index (Phi) is 5.30. The highest BCUT2D eigenvalue weighted by molar-refractivity contribution is 6.36. The third-order valence-corrected chi connectivity index (χ3v) is 4.07. The lowest BCUT2D eigenvalue weighted by atomic mass is 9.92. The minimum absolute atomic E-state index is 0.155. The zero-order valence-electron chi connectivity index (χ0n) is 11.3. The van der Waals surface area contributed by atoms with Crippen molar-refractivity contribution in [2.24, 2.45) is 5.73 Å². The summed E-state index contributed by atoms with van der Waals surface area (Å²) < 4.78 is 5.25. The summed E-state index contributed by atoms with van der Waals surface area (Å²) in [6.45, 7) is 0.523. The van der Waals surface area contributed by atoms with E-state index in [0.29, 0.717) is 23.0 Å². The molecule has 1 unspecified atom stereocenters. The standard InChI is InChI=1S/C16H17Cl2NO/c1-20-13-5-2-4-11(8-13)12(10-19)9-14-15(17)6-3-7-16(14)18/h2-8,12H,9-10,19H2,1H3. The van der Waals surface area contributed by atoms with Gasteiger partial charge in [-0.3, -0.25) is 0 Å². The van der Waals surface area contributed by atoms with Crippen molar-refractivity contribution in [1.82, 2.24) is 0 Å². The lowest BCUT2D eigenvalue weighted by Crippen LogP contribution is -2.15. The van der Waals surface area contributed by atoms with Crippen LogP contribution in [0.5, 0.6) is 5.75 Å². The predicted molar refractivity (Wildman–Crippen MR) is 85.0 cm³/mol. The largest absolute Gasteiger partial charge is 0.497 e. The van der Waals surface area contributed by atoms with Crippen LogP contribution in [0.3, 0.4) is 0 Å². The molecular weight excluding hydrogens is 293 g/mol. The van der Waals surface area contributed by atoms with E-state index in [0.717, 1.165) is 16.9 Å². The van der Waals surface area contributed by atoms with Crippen LogP contribution >= 0.6 is 23.2 Å². The normalized spacial score (nSPS) is 12.2. The number of nitrogens with two attached hydrogens (primary N) is 1. The van der Waals surface area contributed by atoms with E-state index >= 15 is 0 Å². The van der Waals surface area contributed by atoms with Crippen molar-refractivity contribution < 1.29 is 4.74 Å². The highest BCUT2D eigenvalue weighted by atomic mass is 35.5. The summed E-state index contributed by atoms with van der Waals surface area (Å²) in [4.78, 5) is 0. The average Bonchev–Trinajstić information content (AvgIpc) is 2.47. The quantitative estimate of drug-likeness (QED) is 0.894. The van der Waals surface area contributed by atoms with Crippen LogP contribution in [0.1, 0.15) is 17.0 Å². The van der Waals surface area contributed by atoms with Crippen molar-refractivity contribution >= 4 is 23.2 Å². The Morgan fingerprint density at radius 1 is 1.10 bits per heavy atom. The van der Waals surface area contributed by atoms with E-state index in [1.807, 2.05) is 42.5 Å². The molecule has 2 rings (SSSR count). The Labute approximate surface area is 129 Å². The highest BCUT2D eigenvalue weighted by Crippen LogP contribution is 2.31. The first kappa shape index (κ1) is 15.2. The molecule has 0 radical (unpaired) electrons. The third kappa shape index (κ3) is 3.45. The van der Waals surface area contributed by atoms with Gasteiger partial charge in [-0.2, -0.15) is 0 Å². The number of benzene rings is 2. The van der Waals surface area contributed by atoms with E-state index in [-0.39, 0.29) is 5.92 Å². The number of rotatable bonds is 5. The SMILES string of the molecule is COc1cccc(C(CN)Cc2c(Cl)cccc2Cl)c1. The van der Waals surface area contributed by atoms with Crippen LogP contribution in [0, 0.1) is 0 Å². The summed E-state index contributed by atoms with van der Waals surface area (Å²) in [5.74, 6) is 0.980. The molecule has 0 saturated carbocycles. The third-order valence-electron chi connectivity index (χ3n) is 3.36. The Balaban J connectivity index is 2.29. The second-order valence-electron chi connectivity index (χ2n) is 4.61. The van der Waals surface area contributed by atoms with Gasteiger partial charge in [-0.25, -0.2) is 0 Å². The zero-order chi connectivity index (χ0) is 14.5. The average molecular weight is 310 g/mol. The van der Waals surface area contributed by atoms with Crippen LogP contribution in [0.15, 0.2) is 42.5 Å². The van der Waals surface area contributed by atoms with Crippen molar-refractivity contribution in [3.8, 4) is 5.75 Å². The summed E-state index contributed by atoms with van der Waals surface area (Å²) in [6, 6.07) is 13.5. The van der Waals surface area contributed by atoms with Crippen LogP contribution in [0.2, 0.25) is 10.0 Å². The molecule has 2 nitrogen and oxygen atoms in total. The van der Waals surface area contributed by atoms with Gasteiger partial charge >= 0.3 is 0 Å². The predicted octanol–water partition coefficient (Wildman–Crippen LogP) is 4.29. The van der Waals surface area contributed by atoms with E-state index in [9.17, 15) is 0 Å². The maximum absolute atomic E-state index is 6.23. The molecule has 4 heteroatoms. The summed E-state index contributed by atoms with van der Waals surface area (Å²) >= 11 is 12.5. The molecule has 1 atom stereocenters. The monoisotopic (exact) mass is 309 g/mol. The minimum Gasteiger partial charge on any atom is -0.497 e. The van der Waals surface area contributed by atoms with Gasteiger partial charge in [0.15, 0.2) is 0 Å². The van der Waals surface area contributed by atoms with Crippen molar-refractivity contribution in [3.63, 3.8) is 0 Å². The maximum Gasteiger partial charge on any atom is 0.119 e. The first-order chi connectivity index (χ1) is 9.65. The molecule has 0 aliphatic heterocycles.